The summed E-state index contributed by atoms with van der Waals surface area (Å²) in [6.07, 6.45) is 2.06. The molecule has 0 saturated carbocycles. The minimum absolute atomic E-state index is 0.273. The number of hydrogen-bond acceptors (Lipinski definition) is 3. The Bertz CT molecular complexity index is 1010. The van der Waals surface area contributed by atoms with Crippen LogP contribution in [0.4, 0.5) is 9.18 Å². The summed E-state index contributed by atoms with van der Waals surface area (Å²) in [7, 11) is 3.06. The predicted molar refractivity (Wildman–Crippen MR) is 112 cm³/mol. The van der Waals surface area contributed by atoms with Crippen LogP contribution in [0.3, 0.4) is 0 Å². The number of nitrogens with zero attached hydrogens (tertiary/aromatic N) is 1. The standard InChI is InChI=1S/C22H21ClFN3O2/c1-25-22(28)27-13-18-8-6-14(12-26-18)10-16-7-9-19(29-2)20(21(16)24)15-4-3-5-17(23)11-15/h3-9,11-12H,10,13H2,1-2H3,(H2,25,27,28). The zero-order valence-corrected chi connectivity index (χ0v) is 16.9. The quantitative estimate of drug-likeness (QED) is 0.622. The number of aromatic nitrogens is 1. The molecule has 0 bridgehead atoms. The van der Waals surface area contributed by atoms with E-state index in [-0.39, 0.29) is 11.8 Å². The summed E-state index contributed by atoms with van der Waals surface area (Å²) in [5.41, 5.74) is 3.13. The molecule has 0 atom stereocenters. The maximum Gasteiger partial charge on any atom is 0.314 e. The largest absolute Gasteiger partial charge is 0.496 e. The van der Waals surface area contributed by atoms with Gasteiger partial charge in [0.2, 0.25) is 0 Å². The molecule has 2 amide bonds. The van der Waals surface area contributed by atoms with Gasteiger partial charge in [-0.25, -0.2) is 9.18 Å². The normalized spacial score (nSPS) is 10.5. The van der Waals surface area contributed by atoms with Gasteiger partial charge in [0.15, 0.2) is 0 Å². The number of halogens is 2. The van der Waals surface area contributed by atoms with Gasteiger partial charge in [-0.3, -0.25) is 4.98 Å². The number of nitrogens with one attached hydrogen (secondary N) is 2. The van der Waals surface area contributed by atoms with Crippen LogP contribution in [0.2, 0.25) is 5.02 Å². The number of hydrogen-bond donors (Lipinski definition) is 2. The molecule has 3 aromatic rings. The molecule has 0 spiro atoms. The van der Waals surface area contributed by atoms with Gasteiger partial charge in [0, 0.05) is 24.7 Å². The average Bonchev–Trinajstić information content (AvgIpc) is 2.74. The lowest BCUT2D eigenvalue weighted by Crippen LogP contribution is -2.32. The molecule has 0 aliphatic carbocycles. The van der Waals surface area contributed by atoms with E-state index in [1.165, 1.54) is 7.11 Å². The molecule has 0 fully saturated rings. The summed E-state index contributed by atoms with van der Waals surface area (Å²) in [4.78, 5) is 15.6. The number of carbonyl (C=O) groups is 1. The first kappa shape index (κ1) is 20.6. The smallest absolute Gasteiger partial charge is 0.314 e. The van der Waals surface area contributed by atoms with Crippen LogP contribution >= 0.6 is 11.6 Å². The fraction of sp³-hybridized carbons (Fsp3) is 0.182. The highest BCUT2D eigenvalue weighted by Gasteiger charge is 2.17. The topological polar surface area (TPSA) is 63.2 Å². The molecule has 5 nitrogen and oxygen atoms in total. The molecule has 0 unspecified atom stereocenters. The lowest BCUT2D eigenvalue weighted by atomic mass is 9.97. The SMILES string of the molecule is CNC(=O)NCc1ccc(Cc2ccc(OC)c(-c3cccc(Cl)c3)c2F)cn1. The first-order valence-electron chi connectivity index (χ1n) is 9.02. The molecule has 0 saturated heterocycles. The van der Waals surface area contributed by atoms with Crippen molar-refractivity contribution in [2.24, 2.45) is 0 Å². The van der Waals surface area contributed by atoms with Gasteiger partial charge in [-0.15, -0.1) is 0 Å². The van der Waals surface area contributed by atoms with Gasteiger partial charge < -0.3 is 15.4 Å². The van der Waals surface area contributed by atoms with Gasteiger partial charge in [0.1, 0.15) is 11.6 Å². The molecule has 2 N–H and O–H groups in total. The predicted octanol–water partition coefficient (Wildman–Crippen LogP) is 4.57. The van der Waals surface area contributed by atoms with Crippen LogP contribution in [-0.2, 0) is 13.0 Å². The Hall–Kier alpha value is -3.12. The van der Waals surface area contributed by atoms with Crippen molar-refractivity contribution in [1.29, 1.82) is 0 Å². The lowest BCUT2D eigenvalue weighted by Gasteiger charge is -2.14. The third-order valence-corrected chi connectivity index (χ3v) is 4.69. The molecule has 2 aromatic carbocycles. The second-order valence-electron chi connectivity index (χ2n) is 6.39. The van der Waals surface area contributed by atoms with E-state index in [0.29, 0.717) is 46.1 Å². The number of carbonyl (C=O) groups excluding carboxylic acids is 1. The van der Waals surface area contributed by atoms with Crippen molar-refractivity contribution in [1.82, 2.24) is 15.6 Å². The molecule has 0 aliphatic heterocycles. The number of amides is 2. The number of benzene rings is 2. The molecule has 0 radical (unpaired) electrons. The fourth-order valence-electron chi connectivity index (χ4n) is 2.96. The second-order valence-corrected chi connectivity index (χ2v) is 6.83. The second kappa shape index (κ2) is 9.39. The fourth-order valence-corrected chi connectivity index (χ4v) is 3.15. The summed E-state index contributed by atoms with van der Waals surface area (Å²) >= 11 is 6.08. The Morgan fingerprint density at radius 1 is 1.21 bits per heavy atom. The number of methoxy groups -OCH3 is 1. The maximum absolute atomic E-state index is 15.4. The summed E-state index contributed by atoms with van der Waals surface area (Å²) in [6.45, 7) is 0.315. The van der Waals surface area contributed by atoms with Crippen LogP contribution in [0, 0.1) is 5.82 Å². The Morgan fingerprint density at radius 2 is 2.03 bits per heavy atom. The van der Waals surface area contributed by atoms with E-state index in [2.05, 4.69) is 15.6 Å². The third kappa shape index (κ3) is 5.03. The van der Waals surface area contributed by atoms with Gasteiger partial charge >= 0.3 is 6.03 Å². The molecular formula is C22H21ClFN3O2. The van der Waals surface area contributed by atoms with Crippen molar-refractivity contribution in [2.75, 3.05) is 14.2 Å². The van der Waals surface area contributed by atoms with E-state index >= 15 is 4.39 Å². The van der Waals surface area contributed by atoms with Crippen molar-refractivity contribution in [3.05, 3.63) is 82.4 Å². The highest BCUT2D eigenvalue weighted by molar-refractivity contribution is 6.30. The molecule has 3 rings (SSSR count). The molecule has 1 aromatic heterocycles. The van der Waals surface area contributed by atoms with Gasteiger partial charge in [-0.1, -0.05) is 35.9 Å². The number of urea groups is 1. The van der Waals surface area contributed by atoms with Crippen LogP contribution < -0.4 is 15.4 Å². The van der Waals surface area contributed by atoms with Crippen molar-refractivity contribution in [3.8, 4) is 16.9 Å². The van der Waals surface area contributed by atoms with Crippen LogP contribution in [0.15, 0.2) is 54.7 Å². The van der Waals surface area contributed by atoms with Gasteiger partial charge in [-0.05, 0) is 41.0 Å². The van der Waals surface area contributed by atoms with Gasteiger partial charge in [0.05, 0.1) is 24.9 Å². The van der Waals surface area contributed by atoms with Gasteiger partial charge in [0.25, 0.3) is 0 Å². The monoisotopic (exact) mass is 413 g/mol. The molecular weight excluding hydrogens is 393 g/mol. The molecule has 29 heavy (non-hydrogen) atoms. The summed E-state index contributed by atoms with van der Waals surface area (Å²) in [5, 5.41) is 5.68. The Balaban J connectivity index is 1.84. The number of pyridine rings is 1. The first-order valence-corrected chi connectivity index (χ1v) is 9.40. The Labute approximate surface area is 173 Å². The molecule has 0 aliphatic rings. The van der Waals surface area contributed by atoms with Gasteiger partial charge in [-0.2, -0.15) is 0 Å². The first-order chi connectivity index (χ1) is 14.0. The highest BCUT2D eigenvalue weighted by Crippen LogP contribution is 2.36. The van der Waals surface area contributed by atoms with E-state index in [1.54, 1.807) is 49.6 Å². The van der Waals surface area contributed by atoms with Crippen molar-refractivity contribution in [3.63, 3.8) is 0 Å². The summed E-state index contributed by atoms with van der Waals surface area (Å²) < 4.78 is 20.7. The maximum atomic E-state index is 15.4. The van der Waals surface area contributed by atoms with E-state index in [9.17, 15) is 4.79 Å². The highest BCUT2D eigenvalue weighted by atomic mass is 35.5. The van der Waals surface area contributed by atoms with Crippen LogP contribution in [-0.4, -0.2) is 25.2 Å². The van der Waals surface area contributed by atoms with Crippen LogP contribution in [0.5, 0.6) is 5.75 Å². The molecule has 1 heterocycles. The minimum atomic E-state index is -0.350. The van der Waals surface area contributed by atoms with Crippen LogP contribution in [0.25, 0.3) is 11.1 Å². The van der Waals surface area contributed by atoms with E-state index in [0.717, 1.165) is 5.56 Å². The van der Waals surface area contributed by atoms with Crippen LogP contribution in [0.1, 0.15) is 16.8 Å². The van der Waals surface area contributed by atoms with Crippen molar-refractivity contribution >= 4 is 17.6 Å². The summed E-state index contributed by atoms with van der Waals surface area (Å²) in [6, 6.07) is 13.9. The Morgan fingerprint density at radius 3 is 2.69 bits per heavy atom. The zero-order valence-electron chi connectivity index (χ0n) is 16.1. The minimum Gasteiger partial charge on any atom is -0.496 e. The van der Waals surface area contributed by atoms with E-state index in [4.69, 9.17) is 16.3 Å². The van der Waals surface area contributed by atoms with E-state index in [1.807, 2.05) is 12.1 Å². The average molecular weight is 414 g/mol. The molecule has 7 heteroatoms. The third-order valence-electron chi connectivity index (χ3n) is 4.45. The lowest BCUT2D eigenvalue weighted by molar-refractivity contribution is 0.242. The molecule has 150 valence electrons. The zero-order chi connectivity index (χ0) is 20.8. The number of rotatable bonds is 6. The summed E-state index contributed by atoms with van der Waals surface area (Å²) in [5.74, 6) is 0.0965. The number of ether oxygens (including phenoxy) is 1. The van der Waals surface area contributed by atoms with E-state index < -0.39 is 0 Å². The Kier molecular flexibility index (Phi) is 6.67. The van der Waals surface area contributed by atoms with Crippen molar-refractivity contribution in [2.45, 2.75) is 13.0 Å². The van der Waals surface area contributed by atoms with Crippen molar-refractivity contribution < 1.29 is 13.9 Å².